The molecular weight excluding hydrogens is 322 g/mol. The van der Waals surface area contributed by atoms with Crippen LogP contribution >= 0.6 is 11.6 Å². The van der Waals surface area contributed by atoms with Gasteiger partial charge in [-0.1, -0.05) is 48.0 Å². The molecule has 0 aliphatic carbocycles. The van der Waals surface area contributed by atoms with Crippen LogP contribution in [0.1, 0.15) is 12.5 Å². The molecule has 0 saturated carbocycles. The van der Waals surface area contributed by atoms with E-state index >= 15 is 0 Å². The van der Waals surface area contributed by atoms with E-state index in [2.05, 4.69) is 5.32 Å². The number of rotatable bonds is 4. The molecule has 0 aliphatic heterocycles. The van der Waals surface area contributed by atoms with E-state index in [1.807, 2.05) is 55.5 Å². The summed E-state index contributed by atoms with van der Waals surface area (Å²) < 4.78 is 5.89. The fourth-order valence-electron chi connectivity index (χ4n) is 2.54. The summed E-state index contributed by atoms with van der Waals surface area (Å²) in [4.78, 5) is 12.4. The molecule has 1 unspecified atom stereocenters. The molecule has 3 aromatic carbocycles. The Balaban J connectivity index is 1.76. The number of benzene rings is 3. The van der Waals surface area contributed by atoms with Crippen molar-refractivity contribution in [3.8, 4) is 5.75 Å². The van der Waals surface area contributed by atoms with Crippen LogP contribution in [0, 0.1) is 6.92 Å². The van der Waals surface area contributed by atoms with E-state index in [-0.39, 0.29) is 5.91 Å². The second-order valence-electron chi connectivity index (χ2n) is 5.69. The summed E-state index contributed by atoms with van der Waals surface area (Å²) in [7, 11) is 0. The number of halogens is 1. The SMILES string of the molecule is Cc1cc(Cl)ccc1NC(=O)C(C)Oc1cccc2ccccc12. The lowest BCUT2D eigenvalue weighted by Gasteiger charge is -2.17. The van der Waals surface area contributed by atoms with E-state index in [0.717, 1.165) is 22.0 Å². The number of aryl methyl sites for hydroxylation is 1. The molecule has 1 N–H and O–H groups in total. The van der Waals surface area contributed by atoms with E-state index in [9.17, 15) is 4.79 Å². The van der Waals surface area contributed by atoms with Crippen molar-refractivity contribution >= 4 is 34.0 Å². The number of ether oxygens (including phenoxy) is 1. The third kappa shape index (κ3) is 3.52. The largest absolute Gasteiger partial charge is 0.480 e. The Hall–Kier alpha value is -2.52. The van der Waals surface area contributed by atoms with Crippen LogP contribution in [-0.4, -0.2) is 12.0 Å². The molecule has 3 nitrogen and oxygen atoms in total. The molecule has 122 valence electrons. The number of anilines is 1. The maximum Gasteiger partial charge on any atom is 0.265 e. The molecule has 0 aliphatic rings. The van der Waals surface area contributed by atoms with Gasteiger partial charge in [-0.25, -0.2) is 0 Å². The zero-order chi connectivity index (χ0) is 17.1. The van der Waals surface area contributed by atoms with Gasteiger partial charge in [0.1, 0.15) is 5.75 Å². The van der Waals surface area contributed by atoms with Crippen molar-refractivity contribution in [2.75, 3.05) is 5.32 Å². The molecule has 3 rings (SSSR count). The number of carbonyl (C=O) groups excluding carboxylic acids is 1. The quantitative estimate of drug-likeness (QED) is 0.708. The van der Waals surface area contributed by atoms with Gasteiger partial charge in [-0.2, -0.15) is 0 Å². The van der Waals surface area contributed by atoms with Gasteiger partial charge < -0.3 is 10.1 Å². The van der Waals surface area contributed by atoms with Crippen LogP contribution < -0.4 is 10.1 Å². The van der Waals surface area contributed by atoms with Crippen LogP contribution in [0.5, 0.6) is 5.75 Å². The van der Waals surface area contributed by atoms with Crippen molar-refractivity contribution in [1.29, 1.82) is 0 Å². The molecule has 0 radical (unpaired) electrons. The highest BCUT2D eigenvalue weighted by Gasteiger charge is 2.16. The molecule has 0 spiro atoms. The van der Waals surface area contributed by atoms with Crippen LogP contribution in [-0.2, 0) is 4.79 Å². The Morgan fingerprint density at radius 2 is 1.83 bits per heavy atom. The minimum Gasteiger partial charge on any atom is -0.480 e. The minimum atomic E-state index is -0.620. The summed E-state index contributed by atoms with van der Waals surface area (Å²) in [5.41, 5.74) is 1.64. The Kier molecular flexibility index (Phi) is 4.72. The lowest BCUT2D eigenvalue weighted by molar-refractivity contribution is -0.122. The van der Waals surface area contributed by atoms with Gasteiger partial charge in [0.15, 0.2) is 6.10 Å². The normalized spacial score (nSPS) is 12.0. The number of hydrogen-bond donors (Lipinski definition) is 1. The molecule has 0 saturated heterocycles. The zero-order valence-electron chi connectivity index (χ0n) is 13.5. The molecule has 1 atom stereocenters. The third-order valence-corrected chi connectivity index (χ3v) is 4.10. The number of carbonyl (C=O) groups is 1. The second kappa shape index (κ2) is 6.93. The van der Waals surface area contributed by atoms with E-state index in [1.165, 1.54) is 0 Å². The molecule has 1 amide bonds. The predicted octanol–water partition coefficient (Wildman–Crippen LogP) is 5.21. The number of amides is 1. The van der Waals surface area contributed by atoms with Crippen molar-refractivity contribution in [3.05, 3.63) is 71.2 Å². The average Bonchev–Trinajstić information content (AvgIpc) is 2.57. The molecule has 3 aromatic rings. The second-order valence-corrected chi connectivity index (χ2v) is 6.12. The van der Waals surface area contributed by atoms with Gasteiger partial charge in [0.25, 0.3) is 5.91 Å². The topological polar surface area (TPSA) is 38.3 Å². The number of fused-ring (bicyclic) bond motifs is 1. The predicted molar refractivity (Wildman–Crippen MR) is 98.9 cm³/mol. The fraction of sp³-hybridized carbons (Fsp3) is 0.150. The van der Waals surface area contributed by atoms with Crippen LogP contribution in [0.25, 0.3) is 10.8 Å². The summed E-state index contributed by atoms with van der Waals surface area (Å²) in [5.74, 6) is 0.497. The highest BCUT2D eigenvalue weighted by molar-refractivity contribution is 6.30. The summed E-state index contributed by atoms with van der Waals surface area (Å²) in [6, 6.07) is 19.1. The van der Waals surface area contributed by atoms with E-state index in [4.69, 9.17) is 16.3 Å². The Morgan fingerprint density at radius 3 is 2.62 bits per heavy atom. The smallest absolute Gasteiger partial charge is 0.265 e. The van der Waals surface area contributed by atoms with Crippen molar-refractivity contribution < 1.29 is 9.53 Å². The van der Waals surface area contributed by atoms with Crippen LogP contribution in [0.4, 0.5) is 5.69 Å². The van der Waals surface area contributed by atoms with Crippen LogP contribution in [0.3, 0.4) is 0 Å². The number of nitrogens with one attached hydrogen (secondary N) is 1. The lowest BCUT2D eigenvalue weighted by atomic mass is 10.1. The molecule has 4 heteroatoms. The van der Waals surface area contributed by atoms with Gasteiger partial charge in [0.05, 0.1) is 0 Å². The zero-order valence-corrected chi connectivity index (χ0v) is 14.3. The Bertz CT molecular complexity index is 886. The highest BCUT2D eigenvalue weighted by atomic mass is 35.5. The van der Waals surface area contributed by atoms with Gasteiger partial charge in [-0.3, -0.25) is 4.79 Å². The Labute approximate surface area is 146 Å². The summed E-state index contributed by atoms with van der Waals surface area (Å²) in [6.07, 6.45) is -0.620. The molecule has 0 heterocycles. The molecule has 0 bridgehead atoms. The first-order chi connectivity index (χ1) is 11.5. The van der Waals surface area contributed by atoms with Gasteiger partial charge in [0, 0.05) is 16.1 Å². The summed E-state index contributed by atoms with van der Waals surface area (Å²) in [6.45, 7) is 3.64. The van der Waals surface area contributed by atoms with Gasteiger partial charge in [0.2, 0.25) is 0 Å². The maximum atomic E-state index is 12.4. The summed E-state index contributed by atoms with van der Waals surface area (Å²) >= 11 is 5.94. The monoisotopic (exact) mass is 339 g/mol. The molecule has 0 fully saturated rings. The highest BCUT2D eigenvalue weighted by Crippen LogP contribution is 2.26. The standard InChI is InChI=1S/C20H18ClNO2/c1-13-12-16(21)10-11-18(13)22-20(23)14(2)24-19-9-5-7-15-6-3-4-8-17(15)19/h3-12,14H,1-2H3,(H,22,23). The van der Waals surface area contributed by atoms with E-state index in [1.54, 1.807) is 19.1 Å². The molecular formula is C20H18ClNO2. The van der Waals surface area contributed by atoms with Crippen molar-refractivity contribution in [1.82, 2.24) is 0 Å². The van der Waals surface area contributed by atoms with Crippen LogP contribution in [0.2, 0.25) is 5.02 Å². The van der Waals surface area contributed by atoms with Gasteiger partial charge in [-0.05, 0) is 49.1 Å². The third-order valence-electron chi connectivity index (χ3n) is 3.87. The van der Waals surface area contributed by atoms with Crippen LogP contribution in [0.15, 0.2) is 60.7 Å². The van der Waals surface area contributed by atoms with Crippen molar-refractivity contribution in [2.24, 2.45) is 0 Å². The first kappa shape index (κ1) is 16.3. The Morgan fingerprint density at radius 1 is 1.08 bits per heavy atom. The fourth-order valence-corrected chi connectivity index (χ4v) is 2.77. The van der Waals surface area contributed by atoms with Crippen molar-refractivity contribution in [2.45, 2.75) is 20.0 Å². The first-order valence-electron chi connectivity index (χ1n) is 7.76. The van der Waals surface area contributed by atoms with Gasteiger partial charge >= 0.3 is 0 Å². The van der Waals surface area contributed by atoms with Gasteiger partial charge in [-0.15, -0.1) is 0 Å². The number of hydrogen-bond acceptors (Lipinski definition) is 2. The van der Waals surface area contributed by atoms with E-state index in [0.29, 0.717) is 10.8 Å². The average molecular weight is 340 g/mol. The molecule has 24 heavy (non-hydrogen) atoms. The lowest BCUT2D eigenvalue weighted by Crippen LogP contribution is -2.30. The van der Waals surface area contributed by atoms with E-state index < -0.39 is 6.10 Å². The maximum absolute atomic E-state index is 12.4. The van der Waals surface area contributed by atoms with Crippen molar-refractivity contribution in [3.63, 3.8) is 0 Å². The first-order valence-corrected chi connectivity index (χ1v) is 8.14. The summed E-state index contributed by atoms with van der Waals surface area (Å²) in [5, 5.41) is 5.59. The molecule has 0 aromatic heterocycles. The minimum absolute atomic E-state index is 0.201.